The van der Waals surface area contributed by atoms with Crippen LogP contribution in [0, 0.1) is 0 Å². The van der Waals surface area contributed by atoms with Crippen molar-refractivity contribution in [1.82, 2.24) is 5.32 Å². The third kappa shape index (κ3) is 3.79. The van der Waals surface area contributed by atoms with Crippen molar-refractivity contribution in [2.45, 2.75) is 13.0 Å². The molecule has 1 unspecified atom stereocenters. The molecule has 0 aliphatic heterocycles. The van der Waals surface area contributed by atoms with Gasteiger partial charge in [0.1, 0.15) is 18.1 Å². The Hall–Kier alpha value is -1.45. The number of benzene rings is 1. The van der Waals surface area contributed by atoms with Crippen molar-refractivity contribution in [2.75, 3.05) is 13.2 Å². The highest BCUT2D eigenvalue weighted by atomic mass is 35.5. The number of hydrogen-bond acceptors (Lipinski definition) is 3. The molecule has 1 aromatic carbocycles. The van der Waals surface area contributed by atoms with Gasteiger partial charge in [0.15, 0.2) is 0 Å². The second-order valence-electron chi connectivity index (χ2n) is 4.00. The van der Waals surface area contributed by atoms with Crippen LogP contribution >= 0.6 is 11.6 Å². The Bertz CT molecular complexity index is 470. The van der Waals surface area contributed by atoms with Crippen molar-refractivity contribution in [3.63, 3.8) is 0 Å². The first-order chi connectivity index (χ1) is 8.75. The summed E-state index contributed by atoms with van der Waals surface area (Å²) in [5.41, 5.74) is 0. The van der Waals surface area contributed by atoms with Crippen LogP contribution in [0.3, 0.4) is 0 Å². The fourth-order valence-electron chi connectivity index (χ4n) is 1.64. The fourth-order valence-corrected chi connectivity index (χ4v) is 1.82. The lowest BCUT2D eigenvalue weighted by Crippen LogP contribution is -2.24. The zero-order chi connectivity index (χ0) is 12.8. The van der Waals surface area contributed by atoms with E-state index >= 15 is 0 Å². The molecule has 0 radical (unpaired) electrons. The maximum atomic E-state index is 5.87. The molecule has 1 aromatic heterocycles. The highest BCUT2D eigenvalue weighted by Gasteiger charge is 2.06. The molecule has 18 heavy (non-hydrogen) atoms. The summed E-state index contributed by atoms with van der Waals surface area (Å²) in [6.07, 6.45) is 1.68. The molecule has 4 heteroatoms. The molecule has 0 fully saturated rings. The molecule has 0 amide bonds. The van der Waals surface area contributed by atoms with Crippen LogP contribution in [0.5, 0.6) is 5.75 Å². The number of furan rings is 1. The molecule has 1 atom stereocenters. The van der Waals surface area contributed by atoms with Gasteiger partial charge >= 0.3 is 0 Å². The second-order valence-corrected chi connectivity index (χ2v) is 4.43. The van der Waals surface area contributed by atoms with Gasteiger partial charge in [-0.15, -0.1) is 0 Å². The number of nitrogens with one attached hydrogen (secondary N) is 1. The summed E-state index contributed by atoms with van der Waals surface area (Å²) in [6, 6.07) is 11.4. The first kappa shape index (κ1) is 13.0. The van der Waals surface area contributed by atoms with Gasteiger partial charge in [0.05, 0.1) is 12.3 Å². The predicted octanol–water partition coefficient (Wildman–Crippen LogP) is 3.66. The first-order valence-corrected chi connectivity index (χ1v) is 6.28. The SMILES string of the molecule is CC(NCCOc1cccc(Cl)c1)c1ccco1. The van der Waals surface area contributed by atoms with E-state index in [9.17, 15) is 0 Å². The van der Waals surface area contributed by atoms with Gasteiger partial charge in [0.25, 0.3) is 0 Å². The molecule has 1 N–H and O–H groups in total. The lowest BCUT2D eigenvalue weighted by molar-refractivity contribution is 0.302. The summed E-state index contributed by atoms with van der Waals surface area (Å²) < 4.78 is 10.9. The van der Waals surface area contributed by atoms with Gasteiger partial charge < -0.3 is 14.5 Å². The molecule has 0 saturated carbocycles. The average Bonchev–Trinajstić information content (AvgIpc) is 2.88. The molecule has 0 aliphatic rings. The molecular weight excluding hydrogens is 250 g/mol. The number of ether oxygens (including phenoxy) is 1. The summed E-state index contributed by atoms with van der Waals surface area (Å²) in [5, 5.41) is 4.00. The Kier molecular flexibility index (Phi) is 4.67. The maximum absolute atomic E-state index is 5.87. The summed E-state index contributed by atoms with van der Waals surface area (Å²) in [5.74, 6) is 1.72. The van der Waals surface area contributed by atoms with Crippen molar-refractivity contribution in [2.24, 2.45) is 0 Å². The molecule has 0 spiro atoms. The third-order valence-electron chi connectivity index (χ3n) is 2.59. The summed E-state index contributed by atoms with van der Waals surface area (Å²) in [7, 11) is 0. The molecular formula is C14H16ClNO2. The average molecular weight is 266 g/mol. The van der Waals surface area contributed by atoms with Crippen molar-refractivity contribution >= 4 is 11.6 Å². The van der Waals surface area contributed by atoms with Crippen LogP contribution in [0.25, 0.3) is 0 Å². The van der Waals surface area contributed by atoms with E-state index in [1.165, 1.54) is 0 Å². The largest absolute Gasteiger partial charge is 0.492 e. The monoisotopic (exact) mass is 265 g/mol. The van der Waals surface area contributed by atoms with E-state index < -0.39 is 0 Å². The molecule has 1 heterocycles. The van der Waals surface area contributed by atoms with E-state index in [1.54, 1.807) is 12.3 Å². The molecule has 3 nitrogen and oxygen atoms in total. The standard InChI is InChI=1S/C14H16ClNO2/c1-11(14-6-3-8-18-14)16-7-9-17-13-5-2-4-12(15)10-13/h2-6,8,10-11,16H,7,9H2,1H3. The number of rotatable bonds is 6. The van der Waals surface area contributed by atoms with Crippen molar-refractivity contribution in [1.29, 1.82) is 0 Å². The summed E-state index contributed by atoms with van der Waals surface area (Å²) in [4.78, 5) is 0. The van der Waals surface area contributed by atoms with Gasteiger partial charge in [-0.1, -0.05) is 17.7 Å². The van der Waals surface area contributed by atoms with Crippen molar-refractivity contribution < 1.29 is 9.15 Å². The first-order valence-electron chi connectivity index (χ1n) is 5.91. The van der Waals surface area contributed by atoms with Gasteiger partial charge in [-0.05, 0) is 37.3 Å². The molecule has 2 rings (SSSR count). The van der Waals surface area contributed by atoms with Crippen molar-refractivity contribution in [3.8, 4) is 5.75 Å². The summed E-state index contributed by atoms with van der Waals surface area (Å²) >= 11 is 5.87. The van der Waals surface area contributed by atoms with E-state index in [2.05, 4.69) is 12.2 Å². The number of halogens is 1. The highest BCUT2D eigenvalue weighted by Crippen LogP contribution is 2.17. The van der Waals surface area contributed by atoms with Crippen LogP contribution in [-0.4, -0.2) is 13.2 Å². The molecule has 0 bridgehead atoms. The van der Waals surface area contributed by atoms with Gasteiger partial charge in [0, 0.05) is 11.6 Å². The smallest absolute Gasteiger partial charge is 0.120 e. The lowest BCUT2D eigenvalue weighted by Gasteiger charge is -2.12. The van der Waals surface area contributed by atoms with Crippen LogP contribution in [0.4, 0.5) is 0 Å². The van der Waals surface area contributed by atoms with Crippen LogP contribution < -0.4 is 10.1 Å². The fraction of sp³-hybridized carbons (Fsp3) is 0.286. The minimum absolute atomic E-state index is 0.183. The maximum Gasteiger partial charge on any atom is 0.120 e. The predicted molar refractivity (Wildman–Crippen MR) is 72.1 cm³/mol. The Morgan fingerprint density at radius 2 is 2.22 bits per heavy atom. The van der Waals surface area contributed by atoms with Gasteiger partial charge in [-0.25, -0.2) is 0 Å². The normalized spacial score (nSPS) is 12.3. The third-order valence-corrected chi connectivity index (χ3v) is 2.82. The second kappa shape index (κ2) is 6.47. The van der Waals surface area contributed by atoms with Gasteiger partial charge in [-0.2, -0.15) is 0 Å². The molecule has 0 saturated heterocycles. The van der Waals surface area contributed by atoms with E-state index in [0.717, 1.165) is 18.1 Å². The minimum atomic E-state index is 0.183. The summed E-state index contributed by atoms with van der Waals surface area (Å²) in [6.45, 7) is 3.39. The van der Waals surface area contributed by atoms with E-state index in [4.69, 9.17) is 20.8 Å². The van der Waals surface area contributed by atoms with Crippen LogP contribution in [0.2, 0.25) is 5.02 Å². The zero-order valence-corrected chi connectivity index (χ0v) is 11.0. The van der Waals surface area contributed by atoms with E-state index in [0.29, 0.717) is 11.6 Å². The highest BCUT2D eigenvalue weighted by molar-refractivity contribution is 6.30. The Morgan fingerprint density at radius 3 is 2.94 bits per heavy atom. The van der Waals surface area contributed by atoms with Crippen LogP contribution in [-0.2, 0) is 0 Å². The van der Waals surface area contributed by atoms with Crippen LogP contribution in [0.15, 0.2) is 47.1 Å². The van der Waals surface area contributed by atoms with Gasteiger partial charge in [0.2, 0.25) is 0 Å². The van der Waals surface area contributed by atoms with Crippen LogP contribution in [0.1, 0.15) is 18.7 Å². The van der Waals surface area contributed by atoms with Crippen molar-refractivity contribution in [3.05, 3.63) is 53.4 Å². The Balaban J connectivity index is 1.70. The topological polar surface area (TPSA) is 34.4 Å². The molecule has 0 aliphatic carbocycles. The Labute approximate surface area is 112 Å². The molecule has 2 aromatic rings. The quantitative estimate of drug-likeness (QED) is 0.810. The Morgan fingerprint density at radius 1 is 1.33 bits per heavy atom. The van der Waals surface area contributed by atoms with E-state index in [-0.39, 0.29) is 6.04 Å². The molecule has 96 valence electrons. The van der Waals surface area contributed by atoms with E-state index in [1.807, 2.05) is 30.3 Å². The van der Waals surface area contributed by atoms with Gasteiger partial charge in [-0.3, -0.25) is 0 Å². The lowest BCUT2D eigenvalue weighted by atomic mass is 10.2. The zero-order valence-electron chi connectivity index (χ0n) is 10.2. The minimum Gasteiger partial charge on any atom is -0.492 e. The number of hydrogen-bond donors (Lipinski definition) is 1.